The van der Waals surface area contributed by atoms with Gasteiger partial charge in [0, 0.05) is 38.0 Å². The molecule has 0 radical (unpaired) electrons. The molecule has 56 heavy (non-hydrogen) atoms. The van der Waals surface area contributed by atoms with E-state index in [-0.39, 0.29) is 11.0 Å². The zero-order valence-electron chi connectivity index (χ0n) is 30.8. The first kappa shape index (κ1) is 31.2. The second kappa shape index (κ2) is 11.2. The van der Waals surface area contributed by atoms with Crippen molar-refractivity contribution < 1.29 is 8.83 Å². The number of aromatic nitrogens is 1. The fraction of sp³-hybridized carbons (Fsp3) is 0.0577. The van der Waals surface area contributed by atoms with Crippen molar-refractivity contribution in [3.63, 3.8) is 0 Å². The lowest BCUT2D eigenvalue weighted by atomic mass is 9.82. The lowest BCUT2D eigenvalue weighted by Gasteiger charge is -2.21. The van der Waals surface area contributed by atoms with Crippen LogP contribution in [0.4, 0.5) is 0 Å². The van der Waals surface area contributed by atoms with Gasteiger partial charge in [-0.1, -0.05) is 111 Å². The van der Waals surface area contributed by atoms with E-state index in [0.717, 1.165) is 66.2 Å². The number of hydrogen-bond donors (Lipinski definition) is 0. The van der Waals surface area contributed by atoms with Gasteiger partial charge >= 0.3 is 5.63 Å². The van der Waals surface area contributed by atoms with Crippen LogP contribution >= 0.6 is 0 Å². The standard InChI is InChI=1S/C52H33NO3/c1-52(2)43-16-8-6-13-36(43)39-28-41-40-25-31(21-24-45(40)53(46(41)29-44(39)52)33-11-4-3-5-12-33)30-19-22-35-37-23-20-32(27-49(37)56-51(54)42(35)26-30)34-15-10-18-48-50(34)38-14-7-9-17-47(38)55-48/h3-29H,1-2H3. The van der Waals surface area contributed by atoms with Crippen LogP contribution in [-0.2, 0) is 5.41 Å². The summed E-state index contributed by atoms with van der Waals surface area (Å²) in [6, 6.07) is 57.4. The molecule has 0 spiro atoms. The maximum atomic E-state index is 13.8. The van der Waals surface area contributed by atoms with Gasteiger partial charge in [-0.2, -0.15) is 0 Å². The molecule has 0 bridgehead atoms. The maximum absolute atomic E-state index is 13.8. The highest BCUT2D eigenvalue weighted by atomic mass is 16.4. The van der Waals surface area contributed by atoms with E-state index in [9.17, 15) is 4.79 Å². The highest BCUT2D eigenvalue weighted by molar-refractivity contribution is 6.15. The number of rotatable bonds is 3. The SMILES string of the molecule is CC1(C)c2ccccc2-c2cc3c4cc(-c5ccc6c(c5)c(=O)oc5cc(-c7cccc8oc9ccccc9c78)ccc56)ccc4n(-c4ccccc4)c3cc21. The second-order valence-electron chi connectivity index (χ2n) is 15.6. The van der Waals surface area contributed by atoms with Crippen LogP contribution in [0.15, 0.2) is 177 Å². The fourth-order valence-electron chi connectivity index (χ4n) is 9.54. The number of benzene rings is 8. The van der Waals surface area contributed by atoms with E-state index in [0.29, 0.717) is 11.0 Å². The third-order valence-electron chi connectivity index (χ3n) is 12.2. The summed E-state index contributed by atoms with van der Waals surface area (Å²) in [4.78, 5) is 13.8. The molecule has 264 valence electrons. The topological polar surface area (TPSA) is 48.3 Å². The summed E-state index contributed by atoms with van der Waals surface area (Å²) < 4.78 is 14.6. The van der Waals surface area contributed by atoms with Crippen molar-refractivity contribution in [1.82, 2.24) is 4.57 Å². The Balaban J connectivity index is 1.02. The Kier molecular flexibility index (Phi) is 6.23. The largest absolute Gasteiger partial charge is 0.456 e. The van der Waals surface area contributed by atoms with Gasteiger partial charge in [0.2, 0.25) is 0 Å². The van der Waals surface area contributed by atoms with Gasteiger partial charge in [-0.15, -0.1) is 0 Å². The van der Waals surface area contributed by atoms with Gasteiger partial charge in [0.25, 0.3) is 0 Å². The van der Waals surface area contributed by atoms with Gasteiger partial charge in [0.15, 0.2) is 0 Å². The summed E-state index contributed by atoms with van der Waals surface area (Å²) in [6.07, 6.45) is 0. The molecule has 0 unspecified atom stereocenters. The number of para-hydroxylation sites is 2. The van der Waals surface area contributed by atoms with Crippen LogP contribution < -0.4 is 5.63 Å². The van der Waals surface area contributed by atoms with Crippen LogP contribution in [0.3, 0.4) is 0 Å². The molecular formula is C52H33NO3. The Bertz CT molecular complexity index is 3530. The smallest absolute Gasteiger partial charge is 0.344 e. The molecule has 0 N–H and O–H groups in total. The predicted octanol–water partition coefficient (Wildman–Crippen LogP) is 13.6. The normalized spacial score (nSPS) is 13.4. The summed E-state index contributed by atoms with van der Waals surface area (Å²) in [7, 11) is 0. The van der Waals surface area contributed by atoms with Crippen molar-refractivity contribution >= 4 is 65.5 Å². The summed E-state index contributed by atoms with van der Waals surface area (Å²) in [6.45, 7) is 4.66. The molecule has 0 atom stereocenters. The zero-order valence-corrected chi connectivity index (χ0v) is 30.8. The molecule has 0 fully saturated rings. The van der Waals surface area contributed by atoms with Crippen molar-refractivity contribution in [2.24, 2.45) is 0 Å². The minimum absolute atomic E-state index is 0.107. The third-order valence-corrected chi connectivity index (χ3v) is 12.2. The Hall–Kier alpha value is -7.17. The quantitative estimate of drug-likeness (QED) is 0.135. The Morgan fingerprint density at radius 3 is 2.02 bits per heavy atom. The summed E-state index contributed by atoms with van der Waals surface area (Å²) >= 11 is 0. The van der Waals surface area contributed by atoms with Crippen LogP contribution in [-0.4, -0.2) is 4.57 Å². The molecule has 4 heteroatoms. The van der Waals surface area contributed by atoms with Crippen LogP contribution in [0, 0.1) is 0 Å². The van der Waals surface area contributed by atoms with Crippen molar-refractivity contribution in [2.75, 3.05) is 0 Å². The first-order valence-corrected chi connectivity index (χ1v) is 19.1. The van der Waals surface area contributed by atoms with Crippen LogP contribution in [0.1, 0.15) is 25.0 Å². The van der Waals surface area contributed by atoms with Crippen molar-refractivity contribution in [1.29, 1.82) is 0 Å². The highest BCUT2D eigenvalue weighted by Gasteiger charge is 2.36. The number of fused-ring (bicyclic) bond motifs is 12. The average molecular weight is 720 g/mol. The molecule has 3 heterocycles. The van der Waals surface area contributed by atoms with E-state index < -0.39 is 0 Å². The third kappa shape index (κ3) is 4.27. The lowest BCUT2D eigenvalue weighted by molar-refractivity contribution is 0.570. The lowest BCUT2D eigenvalue weighted by Crippen LogP contribution is -2.14. The highest BCUT2D eigenvalue weighted by Crippen LogP contribution is 2.51. The predicted molar refractivity (Wildman–Crippen MR) is 230 cm³/mol. The molecule has 8 aromatic carbocycles. The fourth-order valence-corrected chi connectivity index (χ4v) is 9.54. The first-order valence-electron chi connectivity index (χ1n) is 19.1. The van der Waals surface area contributed by atoms with Crippen molar-refractivity contribution in [3.05, 3.63) is 185 Å². The molecule has 4 nitrogen and oxygen atoms in total. The second-order valence-corrected chi connectivity index (χ2v) is 15.6. The van der Waals surface area contributed by atoms with E-state index >= 15 is 0 Å². The van der Waals surface area contributed by atoms with Gasteiger partial charge in [0.1, 0.15) is 16.7 Å². The minimum atomic E-state index is -0.350. The van der Waals surface area contributed by atoms with Gasteiger partial charge in [-0.25, -0.2) is 4.79 Å². The van der Waals surface area contributed by atoms with Gasteiger partial charge in [-0.3, -0.25) is 0 Å². The van der Waals surface area contributed by atoms with E-state index in [1.807, 2.05) is 42.5 Å². The zero-order chi connectivity index (χ0) is 37.3. The molecule has 1 aliphatic rings. The molecule has 0 saturated carbocycles. The molecular weight excluding hydrogens is 687 g/mol. The van der Waals surface area contributed by atoms with E-state index in [4.69, 9.17) is 8.83 Å². The Morgan fingerprint density at radius 2 is 1.12 bits per heavy atom. The van der Waals surface area contributed by atoms with Gasteiger partial charge in [-0.05, 0) is 117 Å². The van der Waals surface area contributed by atoms with Crippen molar-refractivity contribution in [3.8, 4) is 39.1 Å². The molecule has 0 saturated heterocycles. The Labute approximate surface area is 321 Å². The summed E-state index contributed by atoms with van der Waals surface area (Å²) in [5, 5.41) is 6.83. The number of nitrogens with zero attached hydrogens (tertiary/aromatic N) is 1. The summed E-state index contributed by atoms with van der Waals surface area (Å²) in [5.74, 6) is 0. The first-order chi connectivity index (χ1) is 27.4. The number of hydrogen-bond acceptors (Lipinski definition) is 3. The monoisotopic (exact) mass is 719 g/mol. The molecule has 0 aliphatic heterocycles. The minimum Gasteiger partial charge on any atom is -0.456 e. The van der Waals surface area contributed by atoms with Gasteiger partial charge in [0.05, 0.1) is 16.4 Å². The van der Waals surface area contributed by atoms with Gasteiger partial charge < -0.3 is 13.4 Å². The van der Waals surface area contributed by atoms with Crippen LogP contribution in [0.25, 0.3) is 105 Å². The Morgan fingerprint density at radius 1 is 0.429 bits per heavy atom. The number of furan rings is 1. The van der Waals surface area contributed by atoms with E-state index in [2.05, 4.69) is 140 Å². The summed E-state index contributed by atoms with van der Waals surface area (Å²) in [5.41, 5.74) is 14.6. The molecule has 12 rings (SSSR count). The maximum Gasteiger partial charge on any atom is 0.344 e. The average Bonchev–Trinajstić information content (AvgIpc) is 3.85. The molecule has 1 aliphatic carbocycles. The van der Waals surface area contributed by atoms with E-state index in [1.165, 1.54) is 38.5 Å². The molecule has 0 amide bonds. The van der Waals surface area contributed by atoms with E-state index in [1.54, 1.807) is 0 Å². The van der Waals surface area contributed by atoms with Crippen molar-refractivity contribution in [2.45, 2.75) is 19.3 Å². The molecule has 3 aromatic heterocycles. The van der Waals surface area contributed by atoms with Crippen LogP contribution in [0.2, 0.25) is 0 Å². The molecule has 11 aromatic rings. The van der Waals surface area contributed by atoms with Crippen LogP contribution in [0.5, 0.6) is 0 Å².